The molecule has 0 saturated carbocycles. The number of ketones is 1. The highest BCUT2D eigenvalue weighted by Gasteiger charge is 2.46. The molecule has 0 spiro atoms. The first-order chi connectivity index (χ1) is 25.7. The Kier molecular flexibility index (Phi) is 16.1. The Balaban J connectivity index is 1.22. The van der Waals surface area contributed by atoms with E-state index in [1.165, 1.54) is 0 Å². The van der Waals surface area contributed by atoms with Gasteiger partial charge in [0.2, 0.25) is 17.7 Å². The van der Waals surface area contributed by atoms with Gasteiger partial charge in [0.1, 0.15) is 11.8 Å². The summed E-state index contributed by atoms with van der Waals surface area (Å²) >= 11 is 0. The van der Waals surface area contributed by atoms with E-state index in [4.69, 9.17) is 18.9 Å². The lowest BCUT2D eigenvalue weighted by Gasteiger charge is -2.38. The van der Waals surface area contributed by atoms with E-state index < -0.39 is 29.7 Å². The van der Waals surface area contributed by atoms with Crippen LogP contribution in [0.5, 0.6) is 0 Å². The maximum Gasteiger partial charge on any atom is 0.253 e. The fraction of sp³-hybridized carbons (Fsp3) is 0.700. The van der Waals surface area contributed by atoms with Crippen molar-refractivity contribution >= 4 is 35.3 Å². The zero-order valence-electron chi connectivity index (χ0n) is 32.6. The van der Waals surface area contributed by atoms with Gasteiger partial charge in [0.15, 0.2) is 0 Å². The molecule has 0 bridgehead atoms. The first-order valence-corrected chi connectivity index (χ1v) is 19.4. The second-order valence-electron chi connectivity index (χ2n) is 15.4. The van der Waals surface area contributed by atoms with Gasteiger partial charge in [-0.05, 0) is 68.4 Å². The van der Waals surface area contributed by atoms with Gasteiger partial charge >= 0.3 is 0 Å². The van der Waals surface area contributed by atoms with E-state index in [1.807, 2.05) is 0 Å². The number of ether oxygens (including phenoxy) is 4. The first-order valence-electron chi connectivity index (χ1n) is 19.4. The molecule has 0 aromatic carbocycles. The molecule has 14 heteroatoms. The predicted molar refractivity (Wildman–Crippen MR) is 200 cm³/mol. The molecule has 0 aromatic rings. The number of amides is 5. The van der Waals surface area contributed by atoms with E-state index in [9.17, 15) is 28.8 Å². The summed E-state index contributed by atoms with van der Waals surface area (Å²) in [6, 6.07) is -0.910. The van der Waals surface area contributed by atoms with Crippen molar-refractivity contribution in [3.8, 4) is 0 Å². The molecule has 4 aliphatic heterocycles. The Morgan fingerprint density at radius 2 is 1.70 bits per heavy atom. The second kappa shape index (κ2) is 20.3. The quantitative estimate of drug-likeness (QED) is 0.0951. The Labute approximate surface area is 319 Å². The van der Waals surface area contributed by atoms with Gasteiger partial charge in [0, 0.05) is 57.5 Å². The molecule has 3 fully saturated rings. The molecule has 5 amide bonds. The fourth-order valence-corrected chi connectivity index (χ4v) is 7.85. The van der Waals surface area contributed by atoms with Crippen molar-refractivity contribution in [2.45, 2.75) is 128 Å². The number of imide groups is 1. The number of hydrogen-bond donors (Lipinski definition) is 3. The molecule has 0 aliphatic carbocycles. The normalized spacial score (nSPS) is 28.9. The van der Waals surface area contributed by atoms with Crippen LogP contribution >= 0.6 is 0 Å². The first kappa shape index (κ1) is 43.0. The third-order valence-corrected chi connectivity index (χ3v) is 11.0. The minimum Gasteiger partial charge on any atom is -0.378 e. The highest BCUT2D eigenvalue weighted by molar-refractivity contribution is 6.13. The second-order valence-corrected chi connectivity index (χ2v) is 15.4. The Morgan fingerprint density at radius 1 is 0.981 bits per heavy atom. The molecule has 3 saturated heterocycles. The summed E-state index contributed by atoms with van der Waals surface area (Å²) in [5.74, 6) is -2.47. The molecule has 9 atom stereocenters. The minimum absolute atomic E-state index is 0.0592. The summed E-state index contributed by atoms with van der Waals surface area (Å²) in [7, 11) is 1.63. The van der Waals surface area contributed by atoms with Crippen LogP contribution in [-0.2, 0) is 47.7 Å². The number of carbonyl (C=O) groups excluding carboxylic acids is 6. The number of nitrogens with one attached hydrogen (secondary N) is 3. The number of hydrogen-bond acceptors (Lipinski definition) is 10. The molecule has 300 valence electrons. The lowest BCUT2D eigenvalue weighted by molar-refractivity contribution is -0.137. The van der Waals surface area contributed by atoms with Gasteiger partial charge in [-0.25, -0.2) is 0 Å². The van der Waals surface area contributed by atoms with Crippen LogP contribution in [0.3, 0.4) is 0 Å². The van der Waals surface area contributed by atoms with Crippen molar-refractivity contribution in [1.29, 1.82) is 0 Å². The average molecular weight is 757 g/mol. The summed E-state index contributed by atoms with van der Waals surface area (Å²) in [6.45, 7) is 16.5. The van der Waals surface area contributed by atoms with Crippen LogP contribution in [-0.4, -0.2) is 116 Å². The zero-order valence-corrected chi connectivity index (χ0v) is 32.6. The molecule has 4 aliphatic rings. The van der Waals surface area contributed by atoms with Crippen molar-refractivity contribution in [2.75, 3.05) is 33.4 Å². The Hall–Kier alpha value is -3.72. The van der Waals surface area contributed by atoms with E-state index in [1.54, 1.807) is 27.9 Å². The van der Waals surface area contributed by atoms with Gasteiger partial charge in [-0.2, -0.15) is 0 Å². The number of methoxy groups -OCH3 is 1. The largest absolute Gasteiger partial charge is 0.378 e. The highest BCUT2D eigenvalue weighted by Crippen LogP contribution is 2.40. The molecular weight excluding hydrogens is 696 g/mol. The SMILES string of the molecule is C=C1CCOC1CC[C@H]1CC(C)C(=C)C(CC2OC(CCCNC(=O)CNC(=O)C(NC(=O)CCN3C(=O)C=CC3=O)C(C)C)C(OC)[C@H]2CC(C)=O)O1. The van der Waals surface area contributed by atoms with Crippen LogP contribution in [0.4, 0.5) is 0 Å². The van der Waals surface area contributed by atoms with Crippen LogP contribution in [0.25, 0.3) is 0 Å². The maximum absolute atomic E-state index is 12.9. The topological polar surface area (TPSA) is 179 Å². The Morgan fingerprint density at radius 3 is 2.33 bits per heavy atom. The van der Waals surface area contributed by atoms with E-state index in [0.717, 1.165) is 60.5 Å². The molecule has 0 aromatic heterocycles. The monoisotopic (exact) mass is 756 g/mol. The zero-order chi connectivity index (χ0) is 39.5. The summed E-state index contributed by atoms with van der Waals surface area (Å²) in [5.41, 5.74) is 2.19. The fourth-order valence-electron chi connectivity index (χ4n) is 7.85. The molecule has 14 nitrogen and oxygen atoms in total. The van der Waals surface area contributed by atoms with Gasteiger partial charge in [0.05, 0.1) is 49.8 Å². The third kappa shape index (κ3) is 11.9. The molecule has 7 unspecified atom stereocenters. The van der Waals surface area contributed by atoms with Gasteiger partial charge in [-0.3, -0.25) is 28.9 Å². The minimum atomic E-state index is -0.910. The van der Waals surface area contributed by atoms with Gasteiger partial charge in [-0.15, -0.1) is 0 Å². The smallest absolute Gasteiger partial charge is 0.253 e. The van der Waals surface area contributed by atoms with Crippen LogP contribution in [0.2, 0.25) is 0 Å². The standard InChI is InChI=1S/C40H60N4O10/c1-23(2)38(43-34(46)14-17-44-36(48)12-13-37(44)49)40(50)42-22-35(47)41-16-8-9-31-39(51-7)29(20-26(5)45)33(54-31)21-32-27(6)25(4)19-28(53-32)10-11-30-24(3)15-18-52-30/h12-13,23,25,28-33,38-39H,3,6,8-11,14-22H2,1-2,4-5,7H3,(H,41,47)(H,42,50)(H,43,46)/t25?,28-,29-,30?,31?,32?,33?,38?,39?/m0/s1. The molecule has 3 N–H and O–H groups in total. The predicted octanol–water partition coefficient (Wildman–Crippen LogP) is 2.70. The highest BCUT2D eigenvalue weighted by atomic mass is 16.6. The number of rotatable bonds is 20. The average Bonchev–Trinajstić information content (AvgIpc) is 3.79. The molecular formula is C40H60N4O10. The summed E-state index contributed by atoms with van der Waals surface area (Å²) < 4.78 is 25.0. The van der Waals surface area contributed by atoms with Crippen LogP contribution in [0.15, 0.2) is 36.5 Å². The third-order valence-electron chi connectivity index (χ3n) is 11.0. The van der Waals surface area contributed by atoms with Crippen molar-refractivity contribution in [3.63, 3.8) is 0 Å². The molecule has 4 heterocycles. The van der Waals surface area contributed by atoms with Crippen molar-refractivity contribution < 1.29 is 47.7 Å². The molecule has 4 rings (SSSR count). The van der Waals surface area contributed by atoms with Gasteiger partial charge in [0.25, 0.3) is 11.8 Å². The van der Waals surface area contributed by atoms with Crippen molar-refractivity contribution in [1.82, 2.24) is 20.9 Å². The summed E-state index contributed by atoms with van der Waals surface area (Å²) in [6.07, 6.45) is 6.84. The number of Topliss-reactive ketones (excluding diaryl/α,β-unsaturated/α-hetero) is 1. The van der Waals surface area contributed by atoms with E-state index >= 15 is 0 Å². The lowest BCUT2D eigenvalue weighted by Crippen LogP contribution is -2.52. The molecule has 0 radical (unpaired) electrons. The number of nitrogens with zero attached hydrogens (tertiary/aromatic N) is 1. The maximum atomic E-state index is 12.9. The molecule has 54 heavy (non-hydrogen) atoms. The number of carbonyl (C=O) groups is 6. The van der Waals surface area contributed by atoms with E-state index in [-0.39, 0.29) is 85.6 Å². The van der Waals surface area contributed by atoms with Crippen molar-refractivity contribution in [2.24, 2.45) is 17.8 Å². The summed E-state index contributed by atoms with van der Waals surface area (Å²) in [4.78, 5) is 74.9. The Bertz CT molecular complexity index is 1430. The lowest BCUT2D eigenvalue weighted by atomic mass is 9.82. The van der Waals surface area contributed by atoms with Crippen molar-refractivity contribution in [3.05, 3.63) is 36.5 Å². The summed E-state index contributed by atoms with van der Waals surface area (Å²) in [5, 5.41) is 8.04. The van der Waals surface area contributed by atoms with Crippen LogP contribution < -0.4 is 16.0 Å². The van der Waals surface area contributed by atoms with Crippen LogP contribution in [0.1, 0.15) is 85.5 Å². The van der Waals surface area contributed by atoms with Crippen LogP contribution in [0, 0.1) is 17.8 Å². The van der Waals surface area contributed by atoms with E-state index in [0.29, 0.717) is 32.2 Å². The van der Waals surface area contributed by atoms with Gasteiger partial charge in [-0.1, -0.05) is 33.9 Å². The van der Waals surface area contributed by atoms with E-state index in [2.05, 4.69) is 36.0 Å². The van der Waals surface area contributed by atoms with Gasteiger partial charge < -0.3 is 39.7 Å².